The van der Waals surface area contributed by atoms with Crippen LogP contribution in [0.15, 0.2) is 30.3 Å². The van der Waals surface area contributed by atoms with Crippen molar-refractivity contribution in [3.05, 3.63) is 52.2 Å². The summed E-state index contributed by atoms with van der Waals surface area (Å²) in [7, 11) is 0. The lowest BCUT2D eigenvalue weighted by Gasteiger charge is -2.07. The predicted molar refractivity (Wildman–Crippen MR) is 70.0 cm³/mol. The first-order valence-electron chi connectivity index (χ1n) is 5.41. The first-order valence-corrected chi connectivity index (χ1v) is 5.79. The van der Waals surface area contributed by atoms with Gasteiger partial charge in [0, 0.05) is 6.07 Å². The molecule has 0 N–H and O–H groups in total. The van der Waals surface area contributed by atoms with Gasteiger partial charge in [-0.25, -0.2) is 4.98 Å². The Morgan fingerprint density at radius 1 is 1.17 bits per heavy atom. The predicted octanol–water partition coefficient (Wildman–Crippen LogP) is 4.02. The highest BCUT2D eigenvalue weighted by molar-refractivity contribution is 6.29. The second-order valence-corrected chi connectivity index (χ2v) is 4.36. The van der Waals surface area contributed by atoms with Crippen LogP contribution >= 0.6 is 11.6 Å². The van der Waals surface area contributed by atoms with Crippen LogP contribution in [0.2, 0.25) is 5.15 Å². The minimum atomic E-state index is 0.243. The number of hydrogen-bond acceptors (Lipinski definition) is 3. The Morgan fingerprint density at radius 2 is 1.94 bits per heavy atom. The number of aromatic nitrogens is 1. The van der Waals surface area contributed by atoms with Gasteiger partial charge in [0.2, 0.25) is 5.88 Å². The summed E-state index contributed by atoms with van der Waals surface area (Å²) in [4.78, 5) is 4.02. The van der Waals surface area contributed by atoms with Crippen LogP contribution in [0.4, 0.5) is 0 Å². The summed E-state index contributed by atoms with van der Waals surface area (Å²) < 4.78 is 5.59. The third-order valence-corrected chi connectivity index (χ3v) is 2.79. The average Bonchev–Trinajstić information content (AvgIpc) is 2.33. The molecule has 0 aliphatic rings. The quantitative estimate of drug-likeness (QED) is 0.765. The van der Waals surface area contributed by atoms with E-state index in [-0.39, 0.29) is 5.15 Å². The summed E-state index contributed by atoms with van der Waals surface area (Å²) in [5.74, 6) is 0.999. The Hall–Kier alpha value is -2.05. The van der Waals surface area contributed by atoms with Crippen molar-refractivity contribution in [1.29, 1.82) is 5.26 Å². The molecule has 2 aromatic rings. The molecule has 0 saturated heterocycles. The Balaban J connectivity index is 2.31. The summed E-state index contributed by atoms with van der Waals surface area (Å²) in [6.45, 7) is 4.04. The van der Waals surface area contributed by atoms with E-state index in [2.05, 4.69) is 4.98 Å². The highest BCUT2D eigenvalue weighted by atomic mass is 35.5. The van der Waals surface area contributed by atoms with Crippen LogP contribution in [-0.4, -0.2) is 4.98 Å². The van der Waals surface area contributed by atoms with Gasteiger partial charge in [0.1, 0.15) is 10.9 Å². The molecule has 2 rings (SSSR count). The van der Waals surface area contributed by atoms with Gasteiger partial charge in [-0.05, 0) is 43.2 Å². The SMILES string of the molecule is Cc1ccc(Oc2cc(C#N)cc(Cl)n2)cc1C. The van der Waals surface area contributed by atoms with E-state index in [0.29, 0.717) is 17.2 Å². The normalized spacial score (nSPS) is 9.89. The summed E-state index contributed by atoms with van der Waals surface area (Å²) in [6, 6.07) is 10.8. The van der Waals surface area contributed by atoms with Crippen LogP contribution < -0.4 is 4.74 Å². The number of nitriles is 1. The molecule has 90 valence electrons. The van der Waals surface area contributed by atoms with Gasteiger partial charge in [0.15, 0.2) is 0 Å². The van der Waals surface area contributed by atoms with Crippen molar-refractivity contribution in [2.24, 2.45) is 0 Å². The Bertz CT molecular complexity index is 632. The molecule has 1 aromatic heterocycles. The molecule has 0 unspecified atom stereocenters. The van der Waals surface area contributed by atoms with E-state index in [4.69, 9.17) is 21.6 Å². The molecule has 0 atom stereocenters. The molecule has 0 radical (unpaired) electrons. The van der Waals surface area contributed by atoms with Crippen molar-refractivity contribution in [3.63, 3.8) is 0 Å². The third-order valence-electron chi connectivity index (χ3n) is 2.60. The van der Waals surface area contributed by atoms with Crippen LogP contribution in [0, 0.1) is 25.2 Å². The number of rotatable bonds is 2. The standard InChI is InChI=1S/C14H11ClN2O/c1-9-3-4-12(5-10(9)2)18-14-7-11(8-16)6-13(15)17-14/h3-7H,1-2H3. The van der Waals surface area contributed by atoms with E-state index in [1.807, 2.05) is 38.1 Å². The zero-order valence-electron chi connectivity index (χ0n) is 10.1. The maximum absolute atomic E-state index is 8.84. The summed E-state index contributed by atoms with van der Waals surface area (Å²) in [6.07, 6.45) is 0. The lowest BCUT2D eigenvalue weighted by atomic mass is 10.1. The zero-order valence-corrected chi connectivity index (χ0v) is 10.8. The third kappa shape index (κ3) is 2.79. The molecule has 1 heterocycles. The topological polar surface area (TPSA) is 45.9 Å². The molecule has 0 aliphatic heterocycles. The molecule has 0 aliphatic carbocycles. The average molecular weight is 259 g/mol. The van der Waals surface area contributed by atoms with Gasteiger partial charge in [-0.3, -0.25) is 0 Å². The van der Waals surface area contributed by atoms with Crippen molar-refractivity contribution in [3.8, 4) is 17.7 Å². The van der Waals surface area contributed by atoms with E-state index in [0.717, 1.165) is 5.56 Å². The van der Waals surface area contributed by atoms with Crippen molar-refractivity contribution < 1.29 is 4.74 Å². The first kappa shape index (κ1) is 12.4. The van der Waals surface area contributed by atoms with E-state index in [1.54, 1.807) is 6.07 Å². The second-order valence-electron chi connectivity index (χ2n) is 3.98. The van der Waals surface area contributed by atoms with E-state index in [9.17, 15) is 0 Å². The Labute approximate surface area is 111 Å². The molecular formula is C14H11ClN2O. The number of aryl methyl sites for hydroxylation is 2. The fourth-order valence-electron chi connectivity index (χ4n) is 1.49. The lowest BCUT2D eigenvalue weighted by molar-refractivity contribution is 0.462. The zero-order chi connectivity index (χ0) is 13.1. The molecule has 0 fully saturated rings. The molecule has 18 heavy (non-hydrogen) atoms. The highest BCUT2D eigenvalue weighted by Gasteiger charge is 2.04. The Kier molecular flexibility index (Phi) is 3.50. The van der Waals surface area contributed by atoms with Gasteiger partial charge in [-0.2, -0.15) is 5.26 Å². The number of pyridine rings is 1. The molecular weight excluding hydrogens is 248 g/mol. The number of nitrogens with zero attached hydrogens (tertiary/aromatic N) is 2. The molecule has 1 aromatic carbocycles. The van der Waals surface area contributed by atoms with E-state index >= 15 is 0 Å². The molecule has 0 saturated carbocycles. The van der Waals surface area contributed by atoms with Crippen LogP contribution in [0.5, 0.6) is 11.6 Å². The smallest absolute Gasteiger partial charge is 0.221 e. The van der Waals surface area contributed by atoms with Crippen LogP contribution in [0.3, 0.4) is 0 Å². The van der Waals surface area contributed by atoms with E-state index in [1.165, 1.54) is 11.6 Å². The second kappa shape index (κ2) is 5.07. The summed E-state index contributed by atoms with van der Waals surface area (Å²) >= 11 is 5.81. The van der Waals surface area contributed by atoms with Gasteiger partial charge in [-0.1, -0.05) is 17.7 Å². The van der Waals surface area contributed by atoms with Gasteiger partial charge in [-0.15, -0.1) is 0 Å². The number of benzene rings is 1. The molecule has 4 heteroatoms. The number of halogens is 1. The number of hydrogen-bond donors (Lipinski definition) is 0. The van der Waals surface area contributed by atoms with Gasteiger partial charge < -0.3 is 4.74 Å². The van der Waals surface area contributed by atoms with Crippen LogP contribution in [0.25, 0.3) is 0 Å². The Morgan fingerprint density at radius 3 is 2.61 bits per heavy atom. The highest BCUT2D eigenvalue weighted by Crippen LogP contribution is 2.24. The summed E-state index contributed by atoms with van der Waals surface area (Å²) in [5, 5.41) is 9.08. The number of ether oxygens (including phenoxy) is 1. The minimum Gasteiger partial charge on any atom is -0.439 e. The van der Waals surface area contributed by atoms with Gasteiger partial charge in [0.25, 0.3) is 0 Å². The van der Waals surface area contributed by atoms with Crippen LogP contribution in [0.1, 0.15) is 16.7 Å². The minimum absolute atomic E-state index is 0.243. The van der Waals surface area contributed by atoms with Crippen molar-refractivity contribution in [2.45, 2.75) is 13.8 Å². The molecule has 0 amide bonds. The molecule has 0 spiro atoms. The lowest BCUT2D eigenvalue weighted by Crippen LogP contribution is -1.91. The van der Waals surface area contributed by atoms with Gasteiger partial charge in [0.05, 0.1) is 11.6 Å². The fourth-order valence-corrected chi connectivity index (χ4v) is 1.69. The van der Waals surface area contributed by atoms with Crippen molar-refractivity contribution in [1.82, 2.24) is 4.98 Å². The fraction of sp³-hybridized carbons (Fsp3) is 0.143. The monoisotopic (exact) mass is 258 g/mol. The summed E-state index contributed by atoms with van der Waals surface area (Å²) in [5.41, 5.74) is 2.75. The van der Waals surface area contributed by atoms with E-state index < -0.39 is 0 Å². The van der Waals surface area contributed by atoms with Crippen LogP contribution in [-0.2, 0) is 0 Å². The van der Waals surface area contributed by atoms with Gasteiger partial charge >= 0.3 is 0 Å². The van der Waals surface area contributed by atoms with Crippen molar-refractivity contribution in [2.75, 3.05) is 0 Å². The largest absolute Gasteiger partial charge is 0.439 e. The molecule has 0 bridgehead atoms. The maximum atomic E-state index is 8.84. The maximum Gasteiger partial charge on any atom is 0.221 e. The first-order chi connectivity index (χ1) is 8.58. The van der Waals surface area contributed by atoms with Crippen molar-refractivity contribution >= 4 is 11.6 Å². The molecule has 3 nitrogen and oxygen atoms in total.